The zero-order chi connectivity index (χ0) is 15.6. The number of hydrogen-bond donors (Lipinski definition) is 1. The second-order valence-electron chi connectivity index (χ2n) is 4.61. The summed E-state index contributed by atoms with van der Waals surface area (Å²) in [6.45, 7) is -0.174. The lowest BCUT2D eigenvalue weighted by Crippen LogP contribution is -2.36. The van der Waals surface area contributed by atoms with Crippen molar-refractivity contribution >= 4 is 11.9 Å². The Morgan fingerprint density at radius 3 is 2.38 bits per heavy atom. The highest BCUT2D eigenvalue weighted by atomic mass is 19.4. The number of nitrogens with zero attached hydrogens (tertiary/aromatic N) is 1. The summed E-state index contributed by atoms with van der Waals surface area (Å²) in [5.41, 5.74) is -0.519. The molecular weight excluding hydrogens is 287 g/mol. The predicted octanol–water partition coefficient (Wildman–Crippen LogP) is 2.72. The summed E-state index contributed by atoms with van der Waals surface area (Å²) in [6, 6.07) is 5.43. The van der Waals surface area contributed by atoms with E-state index in [1.807, 2.05) is 0 Å². The van der Waals surface area contributed by atoms with Crippen molar-refractivity contribution < 1.29 is 27.9 Å². The summed E-state index contributed by atoms with van der Waals surface area (Å²) in [7, 11) is 0. The minimum atomic E-state index is -4.36. The zero-order valence-corrected chi connectivity index (χ0v) is 10.9. The monoisotopic (exact) mass is 299 g/mol. The number of aromatic carboxylic acids is 1. The van der Waals surface area contributed by atoms with Crippen molar-refractivity contribution in [3.8, 4) is 0 Å². The lowest BCUT2D eigenvalue weighted by Gasteiger charge is -2.27. The molecule has 0 spiro atoms. The number of carboxylic acids is 1. The van der Waals surface area contributed by atoms with Crippen molar-refractivity contribution in [2.45, 2.75) is 12.6 Å². The number of amides is 1. The number of halogens is 3. The molecule has 0 atom stereocenters. The molecule has 1 aliphatic heterocycles. The number of rotatable bonds is 2. The fourth-order valence-electron chi connectivity index (χ4n) is 2.08. The average Bonchev–Trinajstić information content (AvgIpc) is 2.46. The first-order valence-electron chi connectivity index (χ1n) is 6.18. The first kappa shape index (κ1) is 15.1. The maximum absolute atomic E-state index is 12.5. The molecule has 1 aromatic carbocycles. The second kappa shape index (κ2) is 5.59. The van der Waals surface area contributed by atoms with Gasteiger partial charge in [-0.3, -0.25) is 4.79 Å². The predicted molar refractivity (Wildman–Crippen MR) is 68.1 cm³/mol. The second-order valence-corrected chi connectivity index (χ2v) is 4.61. The van der Waals surface area contributed by atoms with Crippen LogP contribution in [-0.2, 0) is 0 Å². The van der Waals surface area contributed by atoms with Gasteiger partial charge in [-0.05, 0) is 24.6 Å². The molecule has 0 aromatic heterocycles. The van der Waals surface area contributed by atoms with Gasteiger partial charge < -0.3 is 10.0 Å². The summed E-state index contributed by atoms with van der Waals surface area (Å²) in [5, 5.41) is 8.87. The van der Waals surface area contributed by atoms with Crippen molar-refractivity contribution in [1.29, 1.82) is 0 Å². The van der Waals surface area contributed by atoms with Gasteiger partial charge >= 0.3 is 12.1 Å². The summed E-state index contributed by atoms with van der Waals surface area (Å²) >= 11 is 0. The van der Waals surface area contributed by atoms with Crippen LogP contribution in [0.25, 0.3) is 0 Å². The lowest BCUT2D eigenvalue weighted by molar-refractivity contribution is -0.0957. The number of benzene rings is 1. The molecule has 0 bridgehead atoms. The highest BCUT2D eigenvalue weighted by Gasteiger charge is 2.35. The minimum Gasteiger partial charge on any atom is -0.478 e. The third-order valence-electron chi connectivity index (χ3n) is 3.22. The van der Waals surface area contributed by atoms with Gasteiger partial charge in [0.15, 0.2) is 0 Å². The molecule has 7 heteroatoms. The molecule has 4 nitrogen and oxygen atoms in total. The zero-order valence-electron chi connectivity index (χ0n) is 10.9. The van der Waals surface area contributed by atoms with Gasteiger partial charge in [0.1, 0.15) is 0 Å². The van der Waals surface area contributed by atoms with E-state index in [4.69, 9.17) is 5.11 Å². The van der Waals surface area contributed by atoms with E-state index in [1.54, 1.807) is 0 Å². The molecule has 21 heavy (non-hydrogen) atoms. The molecule has 2 rings (SSSR count). The lowest BCUT2D eigenvalue weighted by atomic mass is 10.1. The van der Waals surface area contributed by atoms with Crippen molar-refractivity contribution in [2.24, 2.45) is 0 Å². The number of carbonyl (C=O) groups excluding carboxylic acids is 1. The van der Waals surface area contributed by atoms with E-state index in [0.29, 0.717) is 0 Å². The normalized spacial score (nSPS) is 15.6. The van der Waals surface area contributed by atoms with Crippen LogP contribution >= 0.6 is 0 Å². The van der Waals surface area contributed by atoms with Gasteiger partial charge in [-0.15, -0.1) is 0 Å². The first-order valence-corrected chi connectivity index (χ1v) is 6.18. The van der Waals surface area contributed by atoms with Crippen LogP contribution < -0.4 is 0 Å². The molecule has 0 fully saturated rings. The van der Waals surface area contributed by atoms with E-state index in [1.165, 1.54) is 29.2 Å². The average molecular weight is 299 g/mol. The largest absolute Gasteiger partial charge is 0.478 e. The number of alkyl halides is 3. The molecule has 1 aromatic rings. The molecule has 0 unspecified atom stereocenters. The molecule has 0 radical (unpaired) electrons. The fourth-order valence-corrected chi connectivity index (χ4v) is 2.08. The number of hydrogen-bond acceptors (Lipinski definition) is 2. The van der Waals surface area contributed by atoms with Crippen LogP contribution in [0, 0.1) is 0 Å². The Labute approximate surface area is 118 Å². The van der Waals surface area contributed by atoms with Crippen molar-refractivity contribution in [3.05, 3.63) is 47.0 Å². The van der Waals surface area contributed by atoms with Crippen LogP contribution in [0.3, 0.4) is 0 Å². The molecule has 0 saturated carbocycles. The molecule has 1 amide bonds. The maximum atomic E-state index is 12.5. The number of carbonyl (C=O) groups is 2. The molecule has 0 saturated heterocycles. The van der Waals surface area contributed by atoms with E-state index in [0.717, 1.165) is 6.08 Å². The molecular formula is C14H12F3NO3. The molecule has 1 N–H and O–H groups in total. The van der Waals surface area contributed by atoms with Gasteiger partial charge in [0.2, 0.25) is 0 Å². The van der Waals surface area contributed by atoms with E-state index < -0.39 is 23.6 Å². The molecule has 1 aliphatic rings. The minimum absolute atomic E-state index is 0.0376. The van der Waals surface area contributed by atoms with Gasteiger partial charge in [-0.2, -0.15) is 13.2 Å². The quantitative estimate of drug-likeness (QED) is 0.854. The summed E-state index contributed by atoms with van der Waals surface area (Å²) in [6.07, 6.45) is -3.63. The fraction of sp³-hybridized carbons (Fsp3) is 0.286. The van der Waals surface area contributed by atoms with Crippen LogP contribution in [-0.4, -0.2) is 41.1 Å². The van der Waals surface area contributed by atoms with E-state index in [2.05, 4.69) is 0 Å². The summed E-state index contributed by atoms with van der Waals surface area (Å²) < 4.78 is 37.5. The van der Waals surface area contributed by atoms with Crippen LogP contribution in [0.15, 0.2) is 35.9 Å². The van der Waals surface area contributed by atoms with Gasteiger partial charge in [0.05, 0.1) is 5.56 Å². The molecule has 112 valence electrons. The summed E-state index contributed by atoms with van der Waals surface area (Å²) in [5.74, 6) is -1.64. The molecule has 0 aliphatic carbocycles. The van der Waals surface area contributed by atoms with E-state index in [9.17, 15) is 22.8 Å². The highest BCUT2D eigenvalue weighted by molar-refractivity contribution is 5.97. The Hall–Kier alpha value is -2.31. The standard InChI is InChI=1S/C14H12F3NO3/c15-14(16,17)11-4-6-18(7-5-11)12(19)9-2-1-3-10(8-9)13(20)21/h1-4,8H,5-7H2,(H,20,21). The number of carboxylic acid groups (broad SMARTS) is 1. The SMILES string of the molecule is O=C(O)c1cccc(C(=O)N2CC=C(C(F)(F)F)CC2)c1. The Balaban J connectivity index is 2.14. The van der Waals surface area contributed by atoms with E-state index >= 15 is 0 Å². The van der Waals surface area contributed by atoms with Crippen LogP contribution in [0.1, 0.15) is 27.1 Å². The first-order chi connectivity index (χ1) is 9.79. The van der Waals surface area contributed by atoms with Gasteiger partial charge in [-0.25, -0.2) is 4.79 Å². The Morgan fingerprint density at radius 2 is 1.86 bits per heavy atom. The van der Waals surface area contributed by atoms with Crippen molar-refractivity contribution in [2.75, 3.05) is 13.1 Å². The highest BCUT2D eigenvalue weighted by Crippen LogP contribution is 2.30. The van der Waals surface area contributed by atoms with Gasteiger partial charge in [-0.1, -0.05) is 12.1 Å². The summed E-state index contributed by atoms with van der Waals surface area (Å²) in [4.78, 5) is 24.3. The van der Waals surface area contributed by atoms with Crippen molar-refractivity contribution in [3.63, 3.8) is 0 Å². The Morgan fingerprint density at radius 1 is 1.19 bits per heavy atom. The van der Waals surface area contributed by atoms with Crippen LogP contribution in [0.5, 0.6) is 0 Å². The third kappa shape index (κ3) is 3.42. The third-order valence-corrected chi connectivity index (χ3v) is 3.22. The Bertz CT molecular complexity index is 608. The van der Waals surface area contributed by atoms with Gasteiger partial charge in [0.25, 0.3) is 5.91 Å². The Kier molecular flexibility index (Phi) is 4.02. The topological polar surface area (TPSA) is 57.6 Å². The smallest absolute Gasteiger partial charge is 0.412 e. The van der Waals surface area contributed by atoms with Gasteiger partial charge in [0, 0.05) is 24.2 Å². The van der Waals surface area contributed by atoms with Crippen LogP contribution in [0.4, 0.5) is 13.2 Å². The maximum Gasteiger partial charge on any atom is 0.412 e. The van der Waals surface area contributed by atoms with Crippen molar-refractivity contribution in [1.82, 2.24) is 4.90 Å². The molecule has 1 heterocycles. The van der Waals surface area contributed by atoms with E-state index in [-0.39, 0.29) is 30.6 Å². The van der Waals surface area contributed by atoms with Crippen LogP contribution in [0.2, 0.25) is 0 Å².